The standard InChI is InChI=1S/C9H17BrN2O2/c1-5(2)6(7(11)13)12-8(14)9(3,4)10/h5-6H,1-4H3,(H2,11,13)(H,12,14). The number of rotatable bonds is 4. The number of halogens is 1. The van der Waals surface area contributed by atoms with Gasteiger partial charge in [0.1, 0.15) is 6.04 Å². The molecule has 0 spiro atoms. The van der Waals surface area contributed by atoms with E-state index in [1.807, 2.05) is 13.8 Å². The number of carbonyl (C=O) groups excluding carboxylic acids is 2. The summed E-state index contributed by atoms with van der Waals surface area (Å²) in [7, 11) is 0. The number of nitrogens with two attached hydrogens (primary N) is 1. The minimum Gasteiger partial charge on any atom is -0.368 e. The molecular weight excluding hydrogens is 248 g/mol. The van der Waals surface area contributed by atoms with Gasteiger partial charge >= 0.3 is 0 Å². The summed E-state index contributed by atoms with van der Waals surface area (Å²) >= 11 is 3.21. The van der Waals surface area contributed by atoms with Crippen LogP contribution in [0.4, 0.5) is 0 Å². The van der Waals surface area contributed by atoms with E-state index in [9.17, 15) is 9.59 Å². The molecule has 0 saturated carbocycles. The van der Waals surface area contributed by atoms with Crippen molar-refractivity contribution in [2.75, 3.05) is 0 Å². The Bertz CT molecular complexity index is 233. The van der Waals surface area contributed by atoms with Crippen LogP contribution in [0.5, 0.6) is 0 Å². The monoisotopic (exact) mass is 264 g/mol. The van der Waals surface area contributed by atoms with Crippen LogP contribution >= 0.6 is 15.9 Å². The van der Waals surface area contributed by atoms with E-state index in [4.69, 9.17) is 5.73 Å². The topological polar surface area (TPSA) is 72.2 Å². The average Bonchev–Trinajstić information content (AvgIpc) is 1.96. The van der Waals surface area contributed by atoms with Crippen LogP contribution in [0, 0.1) is 5.92 Å². The lowest BCUT2D eigenvalue weighted by molar-refractivity contribution is -0.129. The molecule has 2 amide bonds. The number of nitrogens with one attached hydrogen (secondary N) is 1. The first-order chi connectivity index (χ1) is 6.16. The zero-order valence-corrected chi connectivity index (χ0v) is 10.5. The molecule has 0 saturated heterocycles. The Morgan fingerprint density at radius 1 is 1.36 bits per heavy atom. The van der Waals surface area contributed by atoms with E-state index >= 15 is 0 Å². The molecule has 0 aromatic rings. The van der Waals surface area contributed by atoms with Gasteiger partial charge < -0.3 is 11.1 Å². The van der Waals surface area contributed by atoms with Gasteiger partial charge in [-0.3, -0.25) is 9.59 Å². The van der Waals surface area contributed by atoms with Crippen molar-refractivity contribution in [3.8, 4) is 0 Å². The molecule has 0 rings (SSSR count). The van der Waals surface area contributed by atoms with E-state index in [2.05, 4.69) is 21.2 Å². The van der Waals surface area contributed by atoms with Gasteiger partial charge in [-0.15, -0.1) is 0 Å². The molecule has 0 bridgehead atoms. The zero-order valence-electron chi connectivity index (χ0n) is 8.93. The fourth-order valence-corrected chi connectivity index (χ4v) is 0.994. The largest absolute Gasteiger partial charge is 0.368 e. The molecule has 0 fully saturated rings. The van der Waals surface area contributed by atoms with Crippen LogP contribution in [0.2, 0.25) is 0 Å². The number of amides is 2. The first-order valence-corrected chi connectivity index (χ1v) is 5.24. The fourth-order valence-electron chi connectivity index (χ4n) is 0.879. The van der Waals surface area contributed by atoms with Gasteiger partial charge in [-0.1, -0.05) is 29.8 Å². The highest BCUT2D eigenvalue weighted by Gasteiger charge is 2.29. The third kappa shape index (κ3) is 4.09. The van der Waals surface area contributed by atoms with Crippen molar-refractivity contribution >= 4 is 27.7 Å². The minimum absolute atomic E-state index is 0.00806. The zero-order chi connectivity index (χ0) is 11.5. The van der Waals surface area contributed by atoms with E-state index in [1.54, 1.807) is 13.8 Å². The maximum absolute atomic E-state index is 11.5. The Labute approximate surface area is 92.7 Å². The van der Waals surface area contributed by atoms with Crippen LogP contribution in [0.1, 0.15) is 27.7 Å². The lowest BCUT2D eigenvalue weighted by Crippen LogP contribution is -2.51. The van der Waals surface area contributed by atoms with E-state index < -0.39 is 16.3 Å². The summed E-state index contributed by atoms with van der Waals surface area (Å²) in [4.78, 5) is 22.5. The van der Waals surface area contributed by atoms with Gasteiger partial charge in [0.2, 0.25) is 11.8 Å². The Morgan fingerprint density at radius 2 is 1.79 bits per heavy atom. The van der Waals surface area contributed by atoms with E-state index in [-0.39, 0.29) is 11.8 Å². The summed E-state index contributed by atoms with van der Waals surface area (Å²) in [5, 5.41) is 2.60. The average molecular weight is 265 g/mol. The molecule has 3 N–H and O–H groups in total. The van der Waals surface area contributed by atoms with Crippen molar-refractivity contribution in [1.82, 2.24) is 5.32 Å². The van der Waals surface area contributed by atoms with Crippen LogP contribution in [0.25, 0.3) is 0 Å². The smallest absolute Gasteiger partial charge is 0.240 e. The summed E-state index contributed by atoms with van der Waals surface area (Å²) in [6.45, 7) is 7.08. The highest BCUT2D eigenvalue weighted by atomic mass is 79.9. The van der Waals surface area contributed by atoms with E-state index in [1.165, 1.54) is 0 Å². The van der Waals surface area contributed by atoms with Gasteiger partial charge in [0.05, 0.1) is 4.32 Å². The maximum atomic E-state index is 11.5. The second kappa shape index (κ2) is 4.77. The van der Waals surface area contributed by atoms with E-state index in [0.717, 1.165) is 0 Å². The van der Waals surface area contributed by atoms with Crippen molar-refractivity contribution in [3.05, 3.63) is 0 Å². The number of primary amides is 1. The lowest BCUT2D eigenvalue weighted by Gasteiger charge is -2.23. The summed E-state index contributed by atoms with van der Waals surface area (Å²) in [5.41, 5.74) is 5.16. The molecule has 0 aromatic carbocycles. The number of hydrogen-bond acceptors (Lipinski definition) is 2. The molecule has 0 aromatic heterocycles. The number of carbonyl (C=O) groups is 2. The predicted octanol–water partition coefficient (Wildman–Crippen LogP) is 0.786. The Balaban J connectivity index is 4.48. The van der Waals surface area contributed by atoms with Crippen LogP contribution < -0.4 is 11.1 Å². The summed E-state index contributed by atoms with van der Waals surface area (Å²) in [6.07, 6.45) is 0. The minimum atomic E-state index is -0.685. The molecular formula is C9H17BrN2O2. The molecule has 14 heavy (non-hydrogen) atoms. The molecule has 0 aliphatic carbocycles. The van der Waals surface area contributed by atoms with Gasteiger partial charge in [-0.05, 0) is 19.8 Å². The number of alkyl halides is 1. The van der Waals surface area contributed by atoms with Crippen LogP contribution in [-0.2, 0) is 9.59 Å². The van der Waals surface area contributed by atoms with Crippen LogP contribution in [0.3, 0.4) is 0 Å². The van der Waals surface area contributed by atoms with Gasteiger partial charge in [0, 0.05) is 0 Å². The summed E-state index contributed by atoms with van der Waals surface area (Å²) in [5.74, 6) is -0.758. The molecule has 0 heterocycles. The molecule has 4 nitrogen and oxygen atoms in total. The van der Waals surface area contributed by atoms with Crippen molar-refractivity contribution in [2.45, 2.75) is 38.1 Å². The Morgan fingerprint density at radius 3 is 2.00 bits per heavy atom. The highest BCUT2D eigenvalue weighted by Crippen LogP contribution is 2.16. The van der Waals surface area contributed by atoms with E-state index in [0.29, 0.717) is 0 Å². The summed E-state index contributed by atoms with van der Waals surface area (Å²) < 4.78 is -0.685. The third-order valence-electron chi connectivity index (χ3n) is 1.80. The van der Waals surface area contributed by atoms with Gasteiger partial charge in [-0.25, -0.2) is 0 Å². The lowest BCUT2D eigenvalue weighted by atomic mass is 10.0. The maximum Gasteiger partial charge on any atom is 0.240 e. The van der Waals surface area contributed by atoms with Gasteiger partial charge in [0.25, 0.3) is 0 Å². The quantitative estimate of drug-likeness (QED) is 0.737. The van der Waals surface area contributed by atoms with Gasteiger partial charge in [0.15, 0.2) is 0 Å². The number of hydrogen-bond donors (Lipinski definition) is 2. The third-order valence-corrected chi connectivity index (χ3v) is 2.16. The van der Waals surface area contributed by atoms with Crippen molar-refractivity contribution < 1.29 is 9.59 Å². The molecule has 0 aliphatic heterocycles. The fraction of sp³-hybridized carbons (Fsp3) is 0.778. The molecule has 0 radical (unpaired) electrons. The van der Waals surface area contributed by atoms with Crippen molar-refractivity contribution in [3.63, 3.8) is 0 Å². The second-order valence-corrected chi connectivity index (χ2v) is 6.05. The second-order valence-electron chi connectivity index (χ2n) is 4.07. The summed E-state index contributed by atoms with van der Waals surface area (Å²) in [6, 6.07) is -0.612. The van der Waals surface area contributed by atoms with Crippen molar-refractivity contribution in [1.29, 1.82) is 0 Å². The molecule has 5 heteroatoms. The van der Waals surface area contributed by atoms with Crippen LogP contribution in [0.15, 0.2) is 0 Å². The molecule has 0 aliphatic rings. The normalized spacial score (nSPS) is 13.9. The van der Waals surface area contributed by atoms with Crippen LogP contribution in [-0.4, -0.2) is 22.2 Å². The Kier molecular flexibility index (Phi) is 4.58. The molecule has 1 atom stereocenters. The molecule has 1 unspecified atom stereocenters. The predicted molar refractivity (Wildman–Crippen MR) is 59.0 cm³/mol. The first kappa shape index (κ1) is 13.4. The highest BCUT2D eigenvalue weighted by molar-refractivity contribution is 9.10. The molecule has 82 valence electrons. The Hall–Kier alpha value is -0.580. The van der Waals surface area contributed by atoms with Gasteiger partial charge in [-0.2, -0.15) is 0 Å². The van der Waals surface area contributed by atoms with Crippen molar-refractivity contribution in [2.24, 2.45) is 11.7 Å². The first-order valence-electron chi connectivity index (χ1n) is 4.45. The SMILES string of the molecule is CC(C)C(NC(=O)C(C)(C)Br)C(N)=O.